The number of nitrogens with two attached hydrogens (primary N) is 1. The van der Waals surface area contributed by atoms with Crippen molar-refractivity contribution in [1.29, 1.82) is 0 Å². The first-order valence-electron chi connectivity index (χ1n) is 5.32. The predicted octanol–water partition coefficient (Wildman–Crippen LogP) is -1.73. The van der Waals surface area contributed by atoms with Crippen molar-refractivity contribution in [2.45, 2.75) is 37.3 Å². The molecule has 94 valence electrons. The molecule has 6 heteroatoms. The molecule has 1 aliphatic rings. The van der Waals surface area contributed by atoms with E-state index in [0.29, 0.717) is 18.5 Å². The van der Waals surface area contributed by atoms with Crippen molar-refractivity contribution >= 4 is 0 Å². The monoisotopic (exact) mass is 232 g/mol. The molecule has 0 aromatic heterocycles. The second kappa shape index (κ2) is 6.05. The summed E-state index contributed by atoms with van der Waals surface area (Å²) in [5.41, 5.74) is 6.30. The van der Waals surface area contributed by atoms with Crippen LogP contribution in [0.25, 0.3) is 0 Å². The lowest BCUT2D eigenvalue weighted by atomic mass is 9.96. The van der Waals surface area contributed by atoms with Gasteiger partial charge in [0, 0.05) is 31.8 Å². The molecule has 1 fully saturated rings. The van der Waals surface area contributed by atoms with Gasteiger partial charge in [0.2, 0.25) is 0 Å². The van der Waals surface area contributed by atoms with Crippen LogP contribution in [0.4, 0.5) is 0 Å². The van der Waals surface area contributed by atoms with Gasteiger partial charge in [-0.05, 0) is 0 Å². The Balaban J connectivity index is 2.53. The fourth-order valence-corrected chi connectivity index (χ4v) is 1.83. The highest BCUT2D eigenvalue weighted by Gasteiger charge is 2.36. The van der Waals surface area contributed by atoms with Crippen LogP contribution in [0, 0.1) is 0 Å². The first-order chi connectivity index (χ1) is 7.58. The molecule has 6 nitrogen and oxygen atoms in total. The normalized spacial score (nSPS) is 36.1. The zero-order valence-electron chi connectivity index (χ0n) is 9.34. The molecule has 1 heterocycles. The van der Waals surface area contributed by atoms with Gasteiger partial charge < -0.3 is 31.1 Å². The van der Waals surface area contributed by atoms with E-state index < -0.39 is 18.3 Å². The van der Waals surface area contributed by atoms with E-state index in [2.05, 4.69) is 5.32 Å². The molecule has 1 saturated heterocycles. The molecule has 4 atom stereocenters. The Kier molecular flexibility index (Phi) is 5.01. The first-order valence-corrected chi connectivity index (χ1v) is 5.32. The second-order valence-corrected chi connectivity index (χ2v) is 3.98. The molecule has 16 heavy (non-hydrogen) atoms. The van der Waals surface area contributed by atoms with Crippen LogP contribution >= 0.6 is 0 Å². The quantitative estimate of drug-likeness (QED) is 0.394. The summed E-state index contributed by atoms with van der Waals surface area (Å²) in [5.74, 6) is 0. The molecule has 0 radical (unpaired) electrons. The highest BCUT2D eigenvalue weighted by Crippen LogP contribution is 2.23. The topological polar surface area (TPSA) is 108 Å². The third-order valence-electron chi connectivity index (χ3n) is 2.62. The van der Waals surface area contributed by atoms with Crippen LogP contribution in [0.3, 0.4) is 0 Å². The zero-order valence-corrected chi connectivity index (χ0v) is 9.34. The summed E-state index contributed by atoms with van der Waals surface area (Å²) in [4.78, 5) is 0. The average molecular weight is 232 g/mol. The number of hydrogen-bond donors (Lipinski definition) is 5. The van der Waals surface area contributed by atoms with Crippen LogP contribution in [-0.4, -0.2) is 53.4 Å². The third-order valence-corrected chi connectivity index (χ3v) is 2.62. The van der Waals surface area contributed by atoms with Crippen molar-refractivity contribution in [3.05, 3.63) is 11.9 Å². The number of nitrogens with one attached hydrogen (secondary N) is 1. The molecule has 0 aliphatic carbocycles. The largest absolute Gasteiger partial charge is 0.401 e. The molecule has 3 unspecified atom stereocenters. The smallest absolute Gasteiger partial charge is 0.109 e. The maximum atomic E-state index is 9.58. The molecular formula is C10H20N2O4. The molecular weight excluding hydrogens is 212 g/mol. The van der Waals surface area contributed by atoms with Crippen molar-refractivity contribution in [3.63, 3.8) is 0 Å². The van der Waals surface area contributed by atoms with Crippen LogP contribution in [0.15, 0.2) is 11.9 Å². The molecule has 0 spiro atoms. The number of aliphatic hydroxyl groups excluding tert-OH is 3. The SMILES string of the molecule is CN/C=C(\N)C[C@H]1CC(O)C(O)C(CO)O1. The standard InChI is InChI=1S/C10H20N2O4/c1-12-4-6(11)2-7-3-8(14)10(15)9(5-13)16-7/h4,7-10,12-15H,2-3,5,11H2,1H3/b6-4-/t7-,8?,9?,10?/m0/s1. The fraction of sp³-hybridized carbons (Fsp3) is 0.800. The van der Waals surface area contributed by atoms with E-state index in [4.69, 9.17) is 15.6 Å². The van der Waals surface area contributed by atoms with E-state index in [9.17, 15) is 10.2 Å². The maximum Gasteiger partial charge on any atom is 0.109 e. The van der Waals surface area contributed by atoms with Gasteiger partial charge in [-0.25, -0.2) is 0 Å². The minimum Gasteiger partial charge on any atom is -0.401 e. The fourth-order valence-electron chi connectivity index (χ4n) is 1.83. The minimum atomic E-state index is -1.03. The minimum absolute atomic E-state index is 0.278. The highest BCUT2D eigenvalue weighted by molar-refractivity contribution is 4.98. The van der Waals surface area contributed by atoms with Gasteiger partial charge in [-0.15, -0.1) is 0 Å². The summed E-state index contributed by atoms with van der Waals surface area (Å²) in [6.45, 7) is -0.315. The summed E-state index contributed by atoms with van der Waals surface area (Å²) < 4.78 is 5.43. The highest BCUT2D eigenvalue weighted by atomic mass is 16.5. The van der Waals surface area contributed by atoms with Crippen LogP contribution in [0.1, 0.15) is 12.8 Å². The third kappa shape index (κ3) is 3.34. The zero-order chi connectivity index (χ0) is 12.1. The van der Waals surface area contributed by atoms with Gasteiger partial charge in [0.25, 0.3) is 0 Å². The van der Waals surface area contributed by atoms with E-state index in [-0.39, 0.29) is 12.7 Å². The summed E-state index contributed by atoms with van der Waals surface area (Å²) in [6.07, 6.45) is -0.503. The average Bonchev–Trinajstić information content (AvgIpc) is 2.23. The Morgan fingerprint density at radius 1 is 1.56 bits per heavy atom. The lowest BCUT2D eigenvalue weighted by Crippen LogP contribution is -2.50. The van der Waals surface area contributed by atoms with Crippen molar-refractivity contribution in [3.8, 4) is 0 Å². The molecule has 1 aliphatic heterocycles. The van der Waals surface area contributed by atoms with E-state index in [1.807, 2.05) is 0 Å². The summed E-state index contributed by atoms with van der Waals surface area (Å²) >= 11 is 0. The maximum absolute atomic E-state index is 9.58. The Bertz CT molecular complexity index is 247. The summed E-state index contributed by atoms with van der Waals surface area (Å²) in [6, 6.07) is 0. The lowest BCUT2D eigenvalue weighted by Gasteiger charge is -2.36. The Morgan fingerprint density at radius 2 is 2.25 bits per heavy atom. The van der Waals surface area contributed by atoms with Gasteiger partial charge in [-0.3, -0.25) is 0 Å². The van der Waals surface area contributed by atoms with Gasteiger partial charge in [0.1, 0.15) is 12.2 Å². The van der Waals surface area contributed by atoms with Crippen molar-refractivity contribution in [2.75, 3.05) is 13.7 Å². The van der Waals surface area contributed by atoms with Crippen LogP contribution in [-0.2, 0) is 4.74 Å². The Hall–Kier alpha value is -0.820. The van der Waals surface area contributed by atoms with Crippen molar-refractivity contribution in [1.82, 2.24) is 5.32 Å². The van der Waals surface area contributed by atoms with Gasteiger partial charge >= 0.3 is 0 Å². The number of ether oxygens (including phenoxy) is 1. The first kappa shape index (κ1) is 13.2. The summed E-state index contributed by atoms with van der Waals surface area (Å²) in [5, 5.41) is 30.9. The van der Waals surface area contributed by atoms with E-state index in [1.54, 1.807) is 13.2 Å². The predicted molar refractivity (Wildman–Crippen MR) is 58.3 cm³/mol. The van der Waals surface area contributed by atoms with Gasteiger partial charge in [-0.2, -0.15) is 0 Å². The van der Waals surface area contributed by atoms with Gasteiger partial charge in [-0.1, -0.05) is 0 Å². The molecule has 0 bridgehead atoms. The Morgan fingerprint density at radius 3 is 2.81 bits per heavy atom. The van der Waals surface area contributed by atoms with Gasteiger partial charge in [0.05, 0.1) is 18.8 Å². The van der Waals surface area contributed by atoms with E-state index >= 15 is 0 Å². The van der Waals surface area contributed by atoms with Crippen LogP contribution < -0.4 is 11.1 Å². The van der Waals surface area contributed by atoms with Crippen LogP contribution in [0.5, 0.6) is 0 Å². The number of rotatable bonds is 4. The molecule has 0 saturated carbocycles. The van der Waals surface area contributed by atoms with Crippen molar-refractivity contribution in [2.24, 2.45) is 5.73 Å². The lowest BCUT2D eigenvalue weighted by molar-refractivity contribution is -0.178. The van der Waals surface area contributed by atoms with Gasteiger partial charge in [0.15, 0.2) is 0 Å². The number of aliphatic hydroxyl groups is 3. The number of hydrogen-bond acceptors (Lipinski definition) is 6. The molecule has 0 aromatic carbocycles. The molecule has 0 amide bonds. The summed E-state index contributed by atoms with van der Waals surface area (Å²) in [7, 11) is 1.74. The Labute approximate surface area is 94.7 Å². The molecule has 0 aromatic rings. The van der Waals surface area contributed by atoms with Crippen molar-refractivity contribution < 1.29 is 20.1 Å². The van der Waals surface area contributed by atoms with E-state index in [0.717, 1.165) is 0 Å². The molecule has 6 N–H and O–H groups in total. The molecule has 1 rings (SSSR count). The van der Waals surface area contributed by atoms with E-state index in [1.165, 1.54) is 0 Å². The second-order valence-electron chi connectivity index (χ2n) is 3.98. The van der Waals surface area contributed by atoms with Crippen LogP contribution in [0.2, 0.25) is 0 Å².